The second-order valence-corrected chi connectivity index (χ2v) is 9.17. The SMILES string of the molecule is COc1cc(C=c2c(=O)nc3sc(=C4C=CC(=O)C=C4)[nH]n-3c2=N)ccc1OCc1cccc(C)c1. The lowest BCUT2D eigenvalue weighted by atomic mass is 10.1. The lowest BCUT2D eigenvalue weighted by Crippen LogP contribution is -2.47. The number of ketones is 1. The molecular formula is C27H22N4O4S. The van der Waals surface area contributed by atoms with Crippen LogP contribution in [0.5, 0.6) is 11.5 Å². The van der Waals surface area contributed by atoms with Gasteiger partial charge in [-0.25, -0.2) is 4.68 Å². The summed E-state index contributed by atoms with van der Waals surface area (Å²) in [6.45, 7) is 2.43. The van der Waals surface area contributed by atoms with Crippen LogP contribution in [0.1, 0.15) is 16.7 Å². The number of benzene rings is 2. The van der Waals surface area contributed by atoms with E-state index >= 15 is 0 Å². The van der Waals surface area contributed by atoms with Crippen LogP contribution < -0.4 is 30.4 Å². The molecule has 9 heteroatoms. The van der Waals surface area contributed by atoms with Crippen molar-refractivity contribution in [2.45, 2.75) is 13.5 Å². The fourth-order valence-electron chi connectivity index (χ4n) is 3.79. The van der Waals surface area contributed by atoms with Gasteiger partial charge in [-0.1, -0.05) is 47.2 Å². The number of hydrogen-bond donors (Lipinski definition) is 2. The number of hydrogen-bond acceptors (Lipinski definition) is 7. The summed E-state index contributed by atoms with van der Waals surface area (Å²) in [5.41, 5.74) is 3.12. The van der Waals surface area contributed by atoms with Gasteiger partial charge in [0.05, 0.1) is 12.3 Å². The third-order valence-electron chi connectivity index (χ3n) is 5.60. The lowest BCUT2D eigenvalue weighted by molar-refractivity contribution is -0.110. The number of aromatic amines is 1. The highest BCUT2D eigenvalue weighted by atomic mass is 32.1. The first-order valence-electron chi connectivity index (χ1n) is 11.1. The number of carbonyl (C=O) groups is 1. The van der Waals surface area contributed by atoms with Crippen LogP contribution in [-0.2, 0) is 11.4 Å². The monoisotopic (exact) mass is 498 g/mol. The molecule has 2 heterocycles. The maximum Gasteiger partial charge on any atom is 0.283 e. The summed E-state index contributed by atoms with van der Waals surface area (Å²) < 4.78 is 13.6. The van der Waals surface area contributed by atoms with E-state index < -0.39 is 5.56 Å². The number of carbonyl (C=O) groups excluding carboxylic acids is 1. The topological polar surface area (TPSA) is 110 Å². The quantitative estimate of drug-likeness (QED) is 0.438. The molecule has 0 aromatic heterocycles. The van der Waals surface area contributed by atoms with Crippen molar-refractivity contribution in [2.75, 3.05) is 7.11 Å². The molecule has 0 atom stereocenters. The Balaban J connectivity index is 1.51. The van der Waals surface area contributed by atoms with Gasteiger partial charge in [-0.15, -0.1) is 0 Å². The first kappa shape index (κ1) is 23.3. The molecule has 2 aromatic rings. The summed E-state index contributed by atoms with van der Waals surface area (Å²) in [5, 5.41) is 12.2. The minimum atomic E-state index is -0.504. The highest BCUT2D eigenvalue weighted by Gasteiger charge is 2.13. The Labute approximate surface area is 209 Å². The minimum absolute atomic E-state index is 0.0216. The highest BCUT2D eigenvalue weighted by Crippen LogP contribution is 2.29. The molecule has 0 saturated heterocycles. The van der Waals surface area contributed by atoms with Crippen LogP contribution in [0, 0.1) is 12.3 Å². The summed E-state index contributed by atoms with van der Waals surface area (Å²) in [6, 6.07) is 13.4. The number of nitrogens with zero attached hydrogens (tertiary/aromatic N) is 2. The smallest absolute Gasteiger partial charge is 0.283 e. The van der Waals surface area contributed by atoms with Crippen LogP contribution >= 0.6 is 11.3 Å². The summed E-state index contributed by atoms with van der Waals surface area (Å²) >= 11 is 1.24. The maximum absolute atomic E-state index is 12.8. The number of aromatic nitrogens is 3. The number of nitrogens with one attached hydrogen (secondary N) is 2. The van der Waals surface area contributed by atoms with E-state index in [2.05, 4.69) is 16.1 Å². The number of rotatable bonds is 5. The predicted octanol–water partition coefficient (Wildman–Crippen LogP) is 2.11. The van der Waals surface area contributed by atoms with Crippen molar-refractivity contribution in [3.63, 3.8) is 0 Å². The zero-order chi connectivity index (χ0) is 25.2. The summed E-state index contributed by atoms with van der Waals surface area (Å²) in [5.74, 6) is 1.00. The van der Waals surface area contributed by atoms with Gasteiger partial charge >= 0.3 is 0 Å². The van der Waals surface area contributed by atoms with E-state index in [1.165, 1.54) is 28.2 Å². The van der Waals surface area contributed by atoms with Crippen LogP contribution in [-0.4, -0.2) is 27.7 Å². The van der Waals surface area contributed by atoms with Crippen LogP contribution in [0.15, 0.2) is 71.6 Å². The number of methoxy groups -OCH3 is 1. The first-order chi connectivity index (χ1) is 17.4. The first-order valence-corrected chi connectivity index (χ1v) is 11.9. The summed E-state index contributed by atoms with van der Waals surface area (Å²) in [7, 11) is 1.55. The Hall–Kier alpha value is -4.50. The number of fused-ring (bicyclic) bond motifs is 1. The van der Waals surface area contributed by atoms with Gasteiger partial charge in [-0.3, -0.25) is 20.1 Å². The minimum Gasteiger partial charge on any atom is -0.493 e. The van der Waals surface area contributed by atoms with Crippen LogP contribution in [0.3, 0.4) is 0 Å². The second-order valence-electron chi connectivity index (χ2n) is 8.20. The van der Waals surface area contributed by atoms with Crippen LogP contribution in [0.25, 0.3) is 16.8 Å². The molecule has 180 valence electrons. The molecule has 2 aliphatic heterocycles. The standard InChI is InChI=1S/C27H22N4O4S/c1-16-4-3-5-18(12-16)15-35-22-11-6-17(14-23(22)34-2)13-21-24(28)31-27(29-25(21)33)36-26(30-31)19-7-9-20(32)10-8-19/h3-14,28,30H,15H2,1-2H3. The molecule has 0 fully saturated rings. The molecule has 0 saturated carbocycles. The molecule has 0 amide bonds. The Morgan fingerprint density at radius 2 is 1.89 bits per heavy atom. The van der Waals surface area contributed by atoms with Gasteiger partial charge in [-0.05, 0) is 60.6 Å². The van der Waals surface area contributed by atoms with Gasteiger partial charge in [0, 0.05) is 5.57 Å². The van der Waals surface area contributed by atoms with Gasteiger partial charge in [-0.2, -0.15) is 4.98 Å². The maximum atomic E-state index is 12.8. The molecule has 0 bridgehead atoms. The number of aryl methyl sites for hydroxylation is 1. The molecular weight excluding hydrogens is 476 g/mol. The van der Waals surface area contributed by atoms with Gasteiger partial charge in [0.25, 0.3) is 5.56 Å². The molecule has 2 aromatic carbocycles. The summed E-state index contributed by atoms with van der Waals surface area (Å²) in [6.07, 6.45) is 7.91. The number of H-pyrrole nitrogens is 1. The van der Waals surface area contributed by atoms with Crippen molar-refractivity contribution < 1.29 is 14.3 Å². The second kappa shape index (κ2) is 9.63. The van der Waals surface area contributed by atoms with Crippen molar-refractivity contribution in [3.05, 3.63) is 109 Å². The van der Waals surface area contributed by atoms with Gasteiger partial charge in [0.1, 0.15) is 11.3 Å². The zero-order valence-electron chi connectivity index (χ0n) is 19.6. The predicted molar refractivity (Wildman–Crippen MR) is 137 cm³/mol. The molecule has 3 aliphatic rings. The number of ether oxygens (including phenoxy) is 2. The van der Waals surface area contributed by atoms with Crippen LogP contribution in [0.2, 0.25) is 0 Å². The van der Waals surface area contributed by atoms with E-state index in [1.807, 2.05) is 25.1 Å². The molecule has 5 rings (SSSR count). The highest BCUT2D eigenvalue weighted by molar-refractivity contribution is 7.11. The Bertz CT molecular complexity index is 1740. The molecule has 0 unspecified atom stereocenters. The average molecular weight is 499 g/mol. The van der Waals surface area contributed by atoms with E-state index in [1.54, 1.807) is 43.5 Å². The average Bonchev–Trinajstić information content (AvgIpc) is 3.30. The molecule has 0 radical (unpaired) electrons. The third-order valence-corrected chi connectivity index (χ3v) is 6.58. The van der Waals surface area contributed by atoms with Crippen molar-refractivity contribution >= 4 is 28.8 Å². The van der Waals surface area contributed by atoms with Gasteiger partial charge in [0.15, 0.2) is 22.8 Å². The van der Waals surface area contributed by atoms with Crippen molar-refractivity contribution in [3.8, 4) is 16.6 Å². The van der Waals surface area contributed by atoms with Crippen molar-refractivity contribution in [1.82, 2.24) is 14.8 Å². The Kier molecular flexibility index (Phi) is 6.22. The Morgan fingerprint density at radius 1 is 1.08 bits per heavy atom. The molecule has 8 nitrogen and oxygen atoms in total. The molecule has 0 spiro atoms. The van der Waals surface area contributed by atoms with Crippen LogP contribution in [0.4, 0.5) is 0 Å². The fourth-order valence-corrected chi connectivity index (χ4v) is 4.72. The van der Waals surface area contributed by atoms with E-state index in [4.69, 9.17) is 14.9 Å². The molecule has 2 N–H and O–H groups in total. The van der Waals surface area contributed by atoms with Gasteiger partial charge < -0.3 is 9.47 Å². The van der Waals surface area contributed by atoms with Crippen molar-refractivity contribution in [2.24, 2.45) is 0 Å². The van der Waals surface area contributed by atoms with Crippen molar-refractivity contribution in [1.29, 1.82) is 5.41 Å². The third kappa shape index (κ3) is 4.69. The van der Waals surface area contributed by atoms with E-state index in [0.717, 1.165) is 16.7 Å². The van der Waals surface area contributed by atoms with E-state index in [9.17, 15) is 9.59 Å². The largest absolute Gasteiger partial charge is 0.493 e. The molecule has 36 heavy (non-hydrogen) atoms. The van der Waals surface area contributed by atoms with E-state index in [-0.39, 0.29) is 16.5 Å². The fraction of sp³-hybridized carbons (Fsp3) is 0.111. The summed E-state index contributed by atoms with van der Waals surface area (Å²) in [4.78, 5) is 28.3. The number of allylic oxidation sites excluding steroid dienone is 4. The zero-order valence-corrected chi connectivity index (χ0v) is 20.4. The normalized spacial score (nSPS) is 13.6. The van der Waals surface area contributed by atoms with E-state index in [0.29, 0.717) is 33.5 Å². The molecule has 1 aliphatic carbocycles. The lowest BCUT2D eigenvalue weighted by Gasteiger charge is -2.12. The Morgan fingerprint density at radius 3 is 2.64 bits per heavy atom. The van der Waals surface area contributed by atoms with Gasteiger partial charge in [0.2, 0.25) is 5.13 Å².